The highest BCUT2D eigenvalue weighted by atomic mass is 16.2. The molecule has 0 radical (unpaired) electrons. The van der Waals surface area contributed by atoms with E-state index in [0.29, 0.717) is 23.8 Å². The molecule has 5 nitrogen and oxygen atoms in total. The number of nitrogens with one attached hydrogen (secondary N) is 2. The average molecular weight is 624 g/mol. The first kappa shape index (κ1) is 37.7. The van der Waals surface area contributed by atoms with E-state index in [1.807, 2.05) is 19.9 Å². The fourth-order valence-corrected chi connectivity index (χ4v) is 10.2. The van der Waals surface area contributed by atoms with Gasteiger partial charge in [-0.2, -0.15) is 0 Å². The maximum Gasteiger partial charge on any atom is 0.245 e. The molecule has 8 atom stereocenters. The number of rotatable bonds is 13. The number of carbonyl (C=O) groups is 2. The minimum Gasteiger partial charge on any atom is -0.335 e. The second-order valence-electron chi connectivity index (χ2n) is 17.2. The molecule has 4 rings (SSSR count). The molecule has 4 saturated carbocycles. The van der Waals surface area contributed by atoms with Crippen LogP contribution in [-0.2, 0) is 9.59 Å². The van der Waals surface area contributed by atoms with Gasteiger partial charge < -0.3 is 16.4 Å². The molecule has 0 bridgehead atoms. The van der Waals surface area contributed by atoms with Crippen LogP contribution in [0.4, 0.5) is 0 Å². The summed E-state index contributed by atoms with van der Waals surface area (Å²) in [6, 6.07) is 0. The molecule has 4 N–H and O–H groups in total. The van der Waals surface area contributed by atoms with Crippen molar-refractivity contribution in [2.24, 2.45) is 57.0 Å². The van der Waals surface area contributed by atoms with Crippen LogP contribution in [-0.4, -0.2) is 24.5 Å². The molecule has 8 unspecified atom stereocenters. The predicted octanol–water partition coefficient (Wildman–Crippen LogP) is 8.77. The van der Waals surface area contributed by atoms with E-state index in [-0.39, 0.29) is 31.1 Å². The molecule has 4 aliphatic rings. The van der Waals surface area contributed by atoms with E-state index in [4.69, 9.17) is 12.2 Å². The number of hydrogen-bond donors (Lipinski definition) is 3. The van der Waals surface area contributed by atoms with E-state index in [9.17, 15) is 9.59 Å². The van der Waals surface area contributed by atoms with Crippen molar-refractivity contribution in [1.29, 1.82) is 0 Å². The Morgan fingerprint density at radius 2 is 1.69 bits per heavy atom. The number of nitrogens with two attached hydrogens (primary N) is 1. The van der Waals surface area contributed by atoms with Crippen LogP contribution in [0.15, 0.2) is 12.2 Å². The van der Waals surface area contributed by atoms with Gasteiger partial charge in [0.1, 0.15) is 6.17 Å². The van der Waals surface area contributed by atoms with E-state index in [1.165, 1.54) is 70.6 Å². The van der Waals surface area contributed by atoms with Gasteiger partial charge in [0.25, 0.3) is 0 Å². The predicted molar refractivity (Wildman–Crippen MR) is 189 cm³/mol. The molecule has 0 aromatic rings. The molecule has 256 valence electrons. The van der Waals surface area contributed by atoms with Gasteiger partial charge >= 0.3 is 0 Å². The Bertz CT molecular complexity index is 1070. The largest absolute Gasteiger partial charge is 0.335 e. The van der Waals surface area contributed by atoms with Gasteiger partial charge in [-0.3, -0.25) is 9.59 Å². The summed E-state index contributed by atoms with van der Waals surface area (Å²) < 4.78 is 0. The van der Waals surface area contributed by atoms with Crippen LogP contribution in [0.5, 0.6) is 0 Å². The first-order valence-corrected chi connectivity index (χ1v) is 18.2. The summed E-state index contributed by atoms with van der Waals surface area (Å²) in [7, 11) is 0. The highest BCUT2D eigenvalue weighted by Gasteiger charge is 2.59. The number of fused-ring (bicyclic) bond motifs is 5. The SMILES string of the molecule is C.C#CCC(NC(=O)/C=C/CCCC1CCC2C3CCC4CCCCC4(C)C3CCC12C)NC(=O)C(C)(C)CCC(C)(C)CN. The third kappa shape index (κ3) is 8.57. The zero-order chi connectivity index (χ0) is 32.2. The first-order chi connectivity index (χ1) is 20.8. The Kier molecular flexibility index (Phi) is 12.9. The number of allylic oxidation sites excluding steroid dienone is 1. The fourth-order valence-electron chi connectivity index (χ4n) is 10.2. The minimum absolute atomic E-state index is 0. The fraction of sp³-hybridized carbons (Fsp3) is 0.850. The molecule has 4 aliphatic carbocycles. The van der Waals surface area contributed by atoms with Crippen LogP contribution < -0.4 is 16.4 Å². The molecular weight excluding hydrogens is 554 g/mol. The number of unbranched alkanes of at least 4 members (excludes halogenated alkanes) is 1. The molecule has 2 amide bonds. The number of carbonyl (C=O) groups excluding carboxylic acids is 2. The highest BCUT2D eigenvalue weighted by Crippen LogP contribution is 2.67. The Hall–Kier alpha value is -1.80. The van der Waals surface area contributed by atoms with E-state index in [0.717, 1.165) is 48.9 Å². The molecule has 0 spiro atoms. The molecule has 0 heterocycles. The molecule has 0 aromatic carbocycles. The van der Waals surface area contributed by atoms with Crippen LogP contribution in [0, 0.1) is 63.6 Å². The minimum atomic E-state index is -0.581. The van der Waals surface area contributed by atoms with Gasteiger partial charge in [-0.25, -0.2) is 0 Å². The van der Waals surface area contributed by atoms with Gasteiger partial charge in [-0.05, 0) is 142 Å². The zero-order valence-corrected chi connectivity index (χ0v) is 29.1. The van der Waals surface area contributed by atoms with E-state index in [2.05, 4.69) is 44.2 Å². The number of amides is 2. The van der Waals surface area contributed by atoms with Gasteiger partial charge in [0.2, 0.25) is 11.8 Å². The van der Waals surface area contributed by atoms with Gasteiger partial charge in [0.05, 0.1) is 0 Å². The highest BCUT2D eigenvalue weighted by molar-refractivity contribution is 5.88. The van der Waals surface area contributed by atoms with Crippen molar-refractivity contribution in [3.63, 3.8) is 0 Å². The van der Waals surface area contributed by atoms with E-state index < -0.39 is 11.6 Å². The molecule has 4 fully saturated rings. The Morgan fingerprint density at radius 3 is 2.40 bits per heavy atom. The van der Waals surface area contributed by atoms with E-state index in [1.54, 1.807) is 6.08 Å². The third-order valence-electron chi connectivity index (χ3n) is 13.5. The zero-order valence-electron chi connectivity index (χ0n) is 29.1. The summed E-state index contributed by atoms with van der Waals surface area (Å²) in [5.41, 5.74) is 6.40. The second kappa shape index (κ2) is 15.4. The number of terminal acetylenes is 1. The van der Waals surface area contributed by atoms with Crippen LogP contribution in [0.2, 0.25) is 0 Å². The topological polar surface area (TPSA) is 84.2 Å². The second-order valence-corrected chi connectivity index (χ2v) is 17.2. The van der Waals surface area contributed by atoms with Crippen molar-refractivity contribution < 1.29 is 9.59 Å². The molecule has 0 saturated heterocycles. The standard InChI is InChI=1S/C39H65N3O2.CH4/c1-8-14-33(42-35(44)37(4,5)26-25-36(2,3)27-40)41-34(43)17-11-9-10-15-29-19-21-31-30-20-18-28-16-12-13-23-38(28,6)32(30)22-24-39(29,31)7;/h1,11,17,28-33H,9-10,12-16,18-27,40H2,2-7H3,(H,41,43)(H,42,44);1H4/b17-11+;. The Balaban J connectivity index is 0.00000552. The summed E-state index contributed by atoms with van der Waals surface area (Å²) in [6.45, 7) is 14.0. The summed E-state index contributed by atoms with van der Waals surface area (Å²) in [6.07, 6.45) is 28.3. The van der Waals surface area contributed by atoms with Crippen LogP contribution in [0.25, 0.3) is 0 Å². The van der Waals surface area contributed by atoms with Gasteiger partial charge in [-0.1, -0.05) is 67.9 Å². The monoisotopic (exact) mass is 624 g/mol. The van der Waals surface area contributed by atoms with Crippen LogP contribution in [0.1, 0.15) is 152 Å². The summed E-state index contributed by atoms with van der Waals surface area (Å²) in [5.74, 6) is 6.95. The van der Waals surface area contributed by atoms with Crippen molar-refractivity contribution in [2.45, 2.75) is 158 Å². The average Bonchev–Trinajstić information content (AvgIpc) is 3.32. The van der Waals surface area contributed by atoms with Crippen molar-refractivity contribution in [3.8, 4) is 12.3 Å². The van der Waals surface area contributed by atoms with Crippen LogP contribution >= 0.6 is 0 Å². The van der Waals surface area contributed by atoms with Crippen molar-refractivity contribution >= 4 is 11.8 Å². The van der Waals surface area contributed by atoms with Crippen molar-refractivity contribution in [3.05, 3.63) is 12.2 Å². The van der Waals surface area contributed by atoms with E-state index >= 15 is 0 Å². The summed E-state index contributed by atoms with van der Waals surface area (Å²) >= 11 is 0. The quantitative estimate of drug-likeness (QED) is 0.0830. The number of hydrogen-bond acceptors (Lipinski definition) is 3. The smallest absolute Gasteiger partial charge is 0.245 e. The lowest BCUT2D eigenvalue weighted by molar-refractivity contribution is -0.131. The molecule has 45 heavy (non-hydrogen) atoms. The molecule has 5 heteroatoms. The molecular formula is C40H69N3O2. The van der Waals surface area contributed by atoms with Crippen molar-refractivity contribution in [1.82, 2.24) is 10.6 Å². The van der Waals surface area contributed by atoms with Crippen molar-refractivity contribution in [2.75, 3.05) is 6.54 Å². The normalized spacial score (nSPS) is 33.6. The summed E-state index contributed by atoms with van der Waals surface area (Å²) in [5, 5.41) is 5.88. The van der Waals surface area contributed by atoms with Gasteiger partial charge in [-0.15, -0.1) is 12.3 Å². The Labute approximate surface area is 277 Å². The summed E-state index contributed by atoms with van der Waals surface area (Å²) in [4.78, 5) is 25.8. The first-order valence-electron chi connectivity index (χ1n) is 18.2. The lowest BCUT2D eigenvalue weighted by atomic mass is 9.45. The molecule has 0 aliphatic heterocycles. The maximum absolute atomic E-state index is 13.1. The molecule has 0 aromatic heterocycles. The third-order valence-corrected chi connectivity index (χ3v) is 13.5. The van der Waals surface area contributed by atoms with Crippen LogP contribution in [0.3, 0.4) is 0 Å². The van der Waals surface area contributed by atoms with Gasteiger partial charge in [0.15, 0.2) is 0 Å². The lowest BCUT2D eigenvalue weighted by Crippen LogP contribution is -2.52. The Morgan fingerprint density at radius 1 is 0.956 bits per heavy atom. The maximum atomic E-state index is 13.1. The lowest BCUT2D eigenvalue weighted by Gasteiger charge is -2.60. The van der Waals surface area contributed by atoms with Gasteiger partial charge in [0, 0.05) is 11.8 Å².